The van der Waals surface area contributed by atoms with Gasteiger partial charge in [-0.25, -0.2) is 4.68 Å². The first-order chi connectivity index (χ1) is 14.7. The number of anilines is 3. The summed E-state index contributed by atoms with van der Waals surface area (Å²) in [6, 6.07) is 17.7. The van der Waals surface area contributed by atoms with Crippen molar-refractivity contribution in [3.05, 3.63) is 65.8 Å². The SMILES string of the molecule is CC1CCCN(c2nc(Nc3ccc(Cl)cc3)c3cnn(-c4ccccc4)c3n2)C1. The largest absolute Gasteiger partial charge is 0.340 e. The first-order valence-electron chi connectivity index (χ1n) is 10.3. The molecule has 30 heavy (non-hydrogen) atoms. The van der Waals surface area contributed by atoms with Gasteiger partial charge < -0.3 is 10.2 Å². The second-order valence-corrected chi connectivity index (χ2v) is 8.26. The van der Waals surface area contributed by atoms with Gasteiger partial charge in [0.25, 0.3) is 0 Å². The van der Waals surface area contributed by atoms with Crippen LogP contribution in [0.15, 0.2) is 60.8 Å². The molecule has 0 amide bonds. The molecule has 0 aliphatic carbocycles. The molecular formula is C23H23ClN6. The number of nitrogens with zero attached hydrogens (tertiary/aromatic N) is 5. The summed E-state index contributed by atoms with van der Waals surface area (Å²) >= 11 is 6.05. The van der Waals surface area contributed by atoms with E-state index in [9.17, 15) is 0 Å². The van der Waals surface area contributed by atoms with Gasteiger partial charge in [-0.3, -0.25) is 0 Å². The number of halogens is 1. The molecular weight excluding hydrogens is 396 g/mol. The quantitative estimate of drug-likeness (QED) is 0.477. The van der Waals surface area contributed by atoms with Gasteiger partial charge in [0.1, 0.15) is 5.82 Å². The van der Waals surface area contributed by atoms with Crippen LogP contribution in [-0.4, -0.2) is 32.8 Å². The zero-order chi connectivity index (χ0) is 20.5. The van der Waals surface area contributed by atoms with E-state index in [0.29, 0.717) is 10.9 Å². The minimum absolute atomic E-state index is 0.629. The normalized spacial score (nSPS) is 16.7. The summed E-state index contributed by atoms with van der Waals surface area (Å²) in [5.74, 6) is 2.12. The molecule has 1 aliphatic rings. The lowest BCUT2D eigenvalue weighted by Crippen LogP contribution is -2.35. The van der Waals surface area contributed by atoms with E-state index in [2.05, 4.69) is 22.2 Å². The lowest BCUT2D eigenvalue weighted by molar-refractivity contribution is 0.442. The van der Waals surface area contributed by atoms with Crippen molar-refractivity contribution in [1.82, 2.24) is 19.7 Å². The predicted octanol–water partition coefficient (Wildman–Crippen LogP) is 5.45. The summed E-state index contributed by atoms with van der Waals surface area (Å²) in [7, 11) is 0. The van der Waals surface area contributed by atoms with E-state index in [0.717, 1.165) is 53.7 Å². The standard InChI is InChI=1S/C23H23ClN6/c1-16-6-5-13-29(15-16)23-27-21(26-18-11-9-17(24)10-12-18)20-14-25-30(22(20)28-23)19-7-3-2-4-8-19/h2-4,7-12,14,16H,5-6,13,15H2,1H3,(H,26,27,28). The Kier molecular flexibility index (Phi) is 5.01. The summed E-state index contributed by atoms with van der Waals surface area (Å²) in [5, 5.41) is 9.64. The summed E-state index contributed by atoms with van der Waals surface area (Å²) < 4.78 is 1.88. The Balaban J connectivity index is 1.63. The molecule has 6 nitrogen and oxygen atoms in total. The van der Waals surface area contributed by atoms with Crippen LogP contribution in [0.1, 0.15) is 19.8 Å². The van der Waals surface area contributed by atoms with Crippen molar-refractivity contribution < 1.29 is 0 Å². The molecule has 1 aliphatic heterocycles. The molecule has 1 unspecified atom stereocenters. The fraction of sp³-hybridized carbons (Fsp3) is 0.261. The van der Waals surface area contributed by atoms with Crippen LogP contribution in [0.2, 0.25) is 5.02 Å². The highest BCUT2D eigenvalue weighted by Gasteiger charge is 2.22. The molecule has 1 atom stereocenters. The van der Waals surface area contributed by atoms with Crippen molar-refractivity contribution in [2.24, 2.45) is 5.92 Å². The van der Waals surface area contributed by atoms with E-state index in [1.54, 1.807) is 0 Å². The Morgan fingerprint density at radius 2 is 1.83 bits per heavy atom. The Morgan fingerprint density at radius 1 is 1.03 bits per heavy atom. The maximum Gasteiger partial charge on any atom is 0.229 e. The van der Waals surface area contributed by atoms with Crippen molar-refractivity contribution in [3.8, 4) is 5.69 Å². The molecule has 0 radical (unpaired) electrons. The maximum atomic E-state index is 6.05. The number of nitrogens with one attached hydrogen (secondary N) is 1. The molecule has 2 aromatic carbocycles. The number of aromatic nitrogens is 4. The molecule has 7 heteroatoms. The fourth-order valence-electron chi connectivity index (χ4n) is 3.93. The van der Waals surface area contributed by atoms with Crippen LogP contribution >= 0.6 is 11.6 Å². The van der Waals surface area contributed by atoms with Gasteiger partial charge in [0.05, 0.1) is 17.3 Å². The number of hydrogen-bond acceptors (Lipinski definition) is 5. The van der Waals surface area contributed by atoms with Crippen LogP contribution in [0, 0.1) is 5.92 Å². The smallest absolute Gasteiger partial charge is 0.229 e. The van der Waals surface area contributed by atoms with Crippen molar-refractivity contribution >= 4 is 40.1 Å². The lowest BCUT2D eigenvalue weighted by Gasteiger charge is -2.31. The molecule has 1 fully saturated rings. The molecule has 0 saturated carbocycles. The minimum atomic E-state index is 0.629. The van der Waals surface area contributed by atoms with Gasteiger partial charge in [-0.1, -0.05) is 36.7 Å². The third-order valence-electron chi connectivity index (χ3n) is 5.46. The van der Waals surface area contributed by atoms with Gasteiger partial charge in [0.15, 0.2) is 5.65 Å². The fourth-order valence-corrected chi connectivity index (χ4v) is 4.06. The Bertz CT molecular complexity index is 1160. The average molecular weight is 419 g/mol. The van der Waals surface area contributed by atoms with Gasteiger partial charge in [0, 0.05) is 23.8 Å². The van der Waals surface area contributed by atoms with Crippen LogP contribution in [0.25, 0.3) is 16.7 Å². The molecule has 3 heterocycles. The lowest BCUT2D eigenvalue weighted by atomic mass is 10.0. The monoisotopic (exact) mass is 418 g/mol. The average Bonchev–Trinajstić information content (AvgIpc) is 3.20. The predicted molar refractivity (Wildman–Crippen MR) is 122 cm³/mol. The van der Waals surface area contributed by atoms with E-state index < -0.39 is 0 Å². The highest BCUT2D eigenvalue weighted by Crippen LogP contribution is 2.30. The Labute approximate surface area is 180 Å². The zero-order valence-electron chi connectivity index (χ0n) is 16.8. The second-order valence-electron chi connectivity index (χ2n) is 7.83. The van der Waals surface area contributed by atoms with E-state index in [1.807, 2.05) is 65.5 Å². The van der Waals surface area contributed by atoms with Crippen LogP contribution in [0.4, 0.5) is 17.5 Å². The number of benzene rings is 2. The van der Waals surface area contributed by atoms with Crippen LogP contribution < -0.4 is 10.2 Å². The van der Waals surface area contributed by atoms with Crippen LogP contribution in [0.3, 0.4) is 0 Å². The van der Waals surface area contributed by atoms with Crippen molar-refractivity contribution in [1.29, 1.82) is 0 Å². The molecule has 1 N–H and O–H groups in total. The van der Waals surface area contributed by atoms with Gasteiger partial charge in [-0.15, -0.1) is 0 Å². The number of hydrogen-bond donors (Lipinski definition) is 1. The molecule has 0 bridgehead atoms. The summed E-state index contributed by atoms with van der Waals surface area (Å²) in [6.07, 6.45) is 4.22. The topological polar surface area (TPSA) is 58.9 Å². The molecule has 2 aromatic heterocycles. The van der Waals surface area contributed by atoms with Crippen molar-refractivity contribution in [3.63, 3.8) is 0 Å². The highest BCUT2D eigenvalue weighted by atomic mass is 35.5. The third-order valence-corrected chi connectivity index (χ3v) is 5.72. The first kappa shape index (κ1) is 18.9. The molecule has 5 rings (SSSR count). The summed E-state index contributed by atoms with van der Waals surface area (Å²) in [4.78, 5) is 12.1. The maximum absolute atomic E-state index is 6.05. The van der Waals surface area contributed by atoms with E-state index in [4.69, 9.17) is 21.6 Å². The molecule has 0 spiro atoms. The van der Waals surface area contributed by atoms with Crippen molar-refractivity contribution in [2.45, 2.75) is 19.8 Å². The Hall–Kier alpha value is -3.12. The van der Waals surface area contributed by atoms with E-state index in [-0.39, 0.29) is 0 Å². The van der Waals surface area contributed by atoms with E-state index in [1.165, 1.54) is 6.42 Å². The van der Waals surface area contributed by atoms with Crippen LogP contribution in [-0.2, 0) is 0 Å². The van der Waals surface area contributed by atoms with Gasteiger partial charge in [-0.05, 0) is 55.2 Å². The van der Waals surface area contributed by atoms with Gasteiger partial charge >= 0.3 is 0 Å². The summed E-state index contributed by atoms with van der Waals surface area (Å²) in [5.41, 5.74) is 2.69. The second kappa shape index (κ2) is 7.95. The minimum Gasteiger partial charge on any atom is -0.340 e. The van der Waals surface area contributed by atoms with E-state index >= 15 is 0 Å². The molecule has 152 valence electrons. The number of fused-ring (bicyclic) bond motifs is 1. The number of para-hydroxylation sites is 1. The van der Waals surface area contributed by atoms with Crippen LogP contribution in [0.5, 0.6) is 0 Å². The highest BCUT2D eigenvalue weighted by molar-refractivity contribution is 6.30. The molecule has 4 aromatic rings. The molecule has 1 saturated heterocycles. The Morgan fingerprint density at radius 3 is 2.60 bits per heavy atom. The van der Waals surface area contributed by atoms with Gasteiger partial charge in [0.2, 0.25) is 5.95 Å². The zero-order valence-corrected chi connectivity index (χ0v) is 17.5. The van der Waals surface area contributed by atoms with Crippen molar-refractivity contribution in [2.75, 3.05) is 23.3 Å². The number of piperidine rings is 1. The first-order valence-corrected chi connectivity index (χ1v) is 10.6. The number of rotatable bonds is 4. The van der Waals surface area contributed by atoms with Gasteiger partial charge in [-0.2, -0.15) is 15.1 Å². The summed E-state index contributed by atoms with van der Waals surface area (Å²) in [6.45, 7) is 4.22. The third kappa shape index (κ3) is 3.71.